The quantitative estimate of drug-likeness (QED) is 0.107. The molecule has 2 aliphatic carbocycles. The van der Waals surface area contributed by atoms with Gasteiger partial charge in [-0.1, -0.05) is 24.3 Å². The second-order valence-electron chi connectivity index (χ2n) is 14.0. The third-order valence-electron chi connectivity index (χ3n) is 10.6. The van der Waals surface area contributed by atoms with Gasteiger partial charge >= 0.3 is 11.9 Å². The van der Waals surface area contributed by atoms with Gasteiger partial charge in [0.15, 0.2) is 26.2 Å². The Bertz CT molecular complexity index is 1710. The fraction of sp³-hybridized carbons (Fsp3) is 0.463. The lowest BCUT2D eigenvalue weighted by molar-refractivity contribution is -0.191. The van der Waals surface area contributed by atoms with E-state index in [-0.39, 0.29) is 62.1 Å². The van der Waals surface area contributed by atoms with E-state index in [2.05, 4.69) is 0 Å². The molecule has 4 aliphatic rings. The number of esters is 2. The topological polar surface area (TPSA) is 108 Å². The predicted molar refractivity (Wildman–Crippen MR) is 187 cm³/mol. The van der Waals surface area contributed by atoms with Gasteiger partial charge in [-0.3, -0.25) is 0 Å². The molecule has 0 spiro atoms. The summed E-state index contributed by atoms with van der Waals surface area (Å²) >= 11 is 0. The number of hydrogen-bond acceptors (Lipinski definition) is 10. The summed E-state index contributed by atoms with van der Waals surface area (Å²) < 4.78 is 46.1. The second-order valence-corrected chi connectivity index (χ2v) is 14.0. The van der Waals surface area contributed by atoms with Crippen molar-refractivity contribution in [1.82, 2.24) is 0 Å². The molecule has 10 heteroatoms. The van der Waals surface area contributed by atoms with Gasteiger partial charge in [-0.25, -0.2) is 9.59 Å². The third-order valence-corrected chi connectivity index (χ3v) is 10.6. The Labute approximate surface area is 297 Å². The first-order valence-corrected chi connectivity index (χ1v) is 18.3. The van der Waals surface area contributed by atoms with Crippen LogP contribution >= 0.6 is 0 Å². The summed E-state index contributed by atoms with van der Waals surface area (Å²) in [6, 6.07) is 22.6. The summed E-state index contributed by atoms with van der Waals surface area (Å²) in [6.45, 7) is 1.70. The Kier molecular flexibility index (Phi) is 10.4. The van der Waals surface area contributed by atoms with Crippen LogP contribution in [0, 0.1) is 11.8 Å². The highest BCUT2D eigenvalue weighted by molar-refractivity contribution is 5.96. The maximum atomic E-state index is 13.2. The van der Waals surface area contributed by atoms with Gasteiger partial charge in [-0.05, 0) is 140 Å². The van der Waals surface area contributed by atoms with Crippen molar-refractivity contribution in [3.8, 4) is 11.5 Å². The molecule has 0 aromatic heterocycles. The first-order valence-electron chi connectivity index (χ1n) is 18.3. The van der Waals surface area contributed by atoms with Crippen LogP contribution in [0.5, 0.6) is 11.5 Å². The van der Waals surface area contributed by atoms with E-state index in [0.717, 1.165) is 79.7 Å². The van der Waals surface area contributed by atoms with Crippen LogP contribution in [0.25, 0.3) is 21.5 Å². The van der Waals surface area contributed by atoms with E-state index in [1.807, 2.05) is 60.7 Å². The van der Waals surface area contributed by atoms with Gasteiger partial charge in [0.05, 0.1) is 11.1 Å². The molecule has 2 saturated carbocycles. The Hall–Kier alpha value is -4.22. The van der Waals surface area contributed by atoms with Crippen molar-refractivity contribution in [2.45, 2.75) is 82.6 Å². The van der Waals surface area contributed by atoms with Crippen molar-refractivity contribution in [3.05, 3.63) is 83.9 Å². The maximum Gasteiger partial charge on any atom is 0.338 e. The molecule has 268 valence electrons. The minimum absolute atomic E-state index is 0.124. The van der Waals surface area contributed by atoms with Gasteiger partial charge in [0.2, 0.25) is 0 Å². The fourth-order valence-corrected chi connectivity index (χ4v) is 7.79. The largest absolute Gasteiger partial charge is 0.467 e. The Morgan fingerprint density at radius 1 is 0.549 bits per heavy atom. The van der Waals surface area contributed by atoms with Crippen LogP contribution in [0.1, 0.15) is 78.5 Å². The molecule has 2 saturated heterocycles. The molecule has 0 N–H and O–H groups in total. The Balaban J connectivity index is 0.801. The number of carbonyl (C=O) groups is 2. The number of ether oxygens (including phenoxy) is 8. The highest BCUT2D eigenvalue weighted by Crippen LogP contribution is 2.48. The van der Waals surface area contributed by atoms with E-state index in [1.165, 1.54) is 0 Å². The monoisotopic (exact) mass is 696 g/mol. The van der Waals surface area contributed by atoms with Gasteiger partial charge in [-0.2, -0.15) is 0 Å². The molecule has 2 bridgehead atoms. The van der Waals surface area contributed by atoms with Crippen LogP contribution in [0.2, 0.25) is 0 Å². The molecule has 4 fully saturated rings. The van der Waals surface area contributed by atoms with E-state index < -0.39 is 0 Å². The highest BCUT2D eigenvalue weighted by Gasteiger charge is 2.49. The average molecular weight is 697 g/mol. The molecule has 0 radical (unpaired) electrons. The summed E-state index contributed by atoms with van der Waals surface area (Å²) in [5.74, 6) is 1.05. The minimum Gasteiger partial charge on any atom is -0.467 e. The van der Waals surface area contributed by atoms with E-state index in [1.54, 1.807) is 12.1 Å². The van der Waals surface area contributed by atoms with Crippen molar-refractivity contribution in [3.63, 3.8) is 0 Å². The second kappa shape index (κ2) is 15.6. The smallest absolute Gasteiger partial charge is 0.338 e. The van der Waals surface area contributed by atoms with Crippen LogP contribution in [-0.4, -0.2) is 63.5 Å². The molecule has 2 heterocycles. The van der Waals surface area contributed by atoms with Crippen LogP contribution in [0.4, 0.5) is 0 Å². The van der Waals surface area contributed by atoms with Gasteiger partial charge in [0, 0.05) is 13.2 Å². The highest BCUT2D eigenvalue weighted by atomic mass is 16.8. The number of carbonyl (C=O) groups excluding carboxylic acids is 2. The molecule has 8 rings (SSSR count). The summed E-state index contributed by atoms with van der Waals surface area (Å²) in [4.78, 5) is 26.4. The lowest BCUT2D eigenvalue weighted by atomic mass is 9.94. The summed E-state index contributed by atoms with van der Waals surface area (Å²) in [7, 11) is 0. The van der Waals surface area contributed by atoms with E-state index in [4.69, 9.17) is 37.9 Å². The van der Waals surface area contributed by atoms with E-state index in [9.17, 15) is 9.59 Å². The zero-order chi connectivity index (χ0) is 34.6. The van der Waals surface area contributed by atoms with Crippen LogP contribution < -0.4 is 9.47 Å². The van der Waals surface area contributed by atoms with Gasteiger partial charge < -0.3 is 37.9 Å². The zero-order valence-electron chi connectivity index (χ0n) is 28.7. The molecular weight excluding hydrogens is 652 g/mol. The number of fused-ring (bicyclic) bond motifs is 4. The average Bonchev–Trinajstić information content (AvgIpc) is 3.75. The SMILES string of the molecule is O=C(OC1CC2CC1CC2OC(=O)c1ccc2cc(OCOC3CCCCO3)ccc2c1)c1ccc2cc(OCOC3CCCCO3)ccc2c1. The lowest BCUT2D eigenvalue weighted by Gasteiger charge is -2.27. The van der Waals surface area contributed by atoms with Crippen molar-refractivity contribution in [2.24, 2.45) is 11.8 Å². The van der Waals surface area contributed by atoms with Crippen molar-refractivity contribution in [2.75, 3.05) is 26.8 Å². The van der Waals surface area contributed by atoms with E-state index in [0.29, 0.717) is 35.5 Å². The maximum absolute atomic E-state index is 13.2. The summed E-state index contributed by atoms with van der Waals surface area (Å²) in [6.07, 6.45) is 7.59. The van der Waals surface area contributed by atoms with E-state index >= 15 is 0 Å². The summed E-state index contributed by atoms with van der Waals surface area (Å²) in [5, 5.41) is 3.76. The number of hydrogen-bond donors (Lipinski definition) is 0. The Morgan fingerprint density at radius 2 is 1.00 bits per heavy atom. The standard InChI is InChI=1S/C41H44O10/c42-40(30-9-7-28-20-34(13-11-26(28)17-30)46-24-48-38-5-1-3-15-44-38)50-36-22-33-19-32(36)23-37(33)51-41(43)31-10-8-29-21-35(14-12-27(29)18-31)47-25-49-39-6-2-4-16-45-39/h7-14,17-18,20-21,32-33,36-39H,1-6,15-16,19,22-25H2. The molecule has 51 heavy (non-hydrogen) atoms. The van der Waals surface area contributed by atoms with Crippen molar-refractivity contribution < 1.29 is 47.5 Å². The van der Waals surface area contributed by atoms with Crippen LogP contribution in [0.3, 0.4) is 0 Å². The Morgan fingerprint density at radius 3 is 1.43 bits per heavy atom. The molecule has 4 aromatic carbocycles. The molecule has 6 unspecified atom stereocenters. The van der Waals surface area contributed by atoms with Crippen molar-refractivity contribution >= 4 is 33.5 Å². The summed E-state index contributed by atoms with van der Waals surface area (Å²) in [5.41, 5.74) is 1.02. The van der Waals surface area contributed by atoms with Crippen molar-refractivity contribution in [1.29, 1.82) is 0 Å². The van der Waals surface area contributed by atoms with Crippen LogP contribution in [0.15, 0.2) is 72.8 Å². The lowest BCUT2D eigenvalue weighted by Crippen LogP contribution is -2.32. The normalized spacial score (nSPS) is 25.9. The number of benzene rings is 4. The number of rotatable bonds is 12. The zero-order valence-corrected chi connectivity index (χ0v) is 28.7. The minimum atomic E-state index is -0.334. The van der Waals surface area contributed by atoms with Gasteiger partial charge in [0.1, 0.15) is 23.7 Å². The molecule has 6 atom stereocenters. The molecule has 10 nitrogen and oxygen atoms in total. The van der Waals surface area contributed by atoms with Gasteiger partial charge in [-0.15, -0.1) is 0 Å². The molecule has 2 aliphatic heterocycles. The van der Waals surface area contributed by atoms with Crippen LogP contribution in [-0.2, 0) is 28.4 Å². The third kappa shape index (κ3) is 8.15. The predicted octanol–water partition coefficient (Wildman–Crippen LogP) is 7.93. The fourth-order valence-electron chi connectivity index (χ4n) is 7.79. The molecular formula is C41H44O10. The molecule has 4 aromatic rings. The van der Waals surface area contributed by atoms with Gasteiger partial charge in [0.25, 0.3) is 0 Å². The first-order chi connectivity index (χ1) is 25.0. The molecule has 0 amide bonds. The first kappa shape index (κ1) is 33.9.